The minimum atomic E-state index is -1.17. The van der Waals surface area contributed by atoms with E-state index in [0.29, 0.717) is 11.3 Å². The molecule has 4 nitrogen and oxygen atoms in total. The molecule has 1 aromatic heterocycles. The van der Waals surface area contributed by atoms with Crippen LogP contribution in [-0.2, 0) is 4.74 Å². The number of esters is 1. The van der Waals surface area contributed by atoms with Gasteiger partial charge < -0.3 is 9.15 Å². The summed E-state index contributed by atoms with van der Waals surface area (Å²) in [5, 5.41) is 0. The fourth-order valence-corrected chi connectivity index (χ4v) is 2.17. The SMILES string of the molecule is O=C(COC(=O)c1ccc(-c2ccc(F)cc2)o1)c1ccc(F)c(F)c1. The van der Waals surface area contributed by atoms with Crippen LogP contribution in [0.5, 0.6) is 0 Å². The first-order valence-corrected chi connectivity index (χ1v) is 7.45. The third-order valence-corrected chi connectivity index (χ3v) is 3.51. The topological polar surface area (TPSA) is 56.5 Å². The van der Waals surface area contributed by atoms with Crippen molar-refractivity contribution in [1.82, 2.24) is 0 Å². The van der Waals surface area contributed by atoms with E-state index in [1.165, 1.54) is 36.4 Å². The Hall–Kier alpha value is -3.35. The third kappa shape index (κ3) is 3.83. The highest BCUT2D eigenvalue weighted by atomic mass is 19.2. The van der Waals surface area contributed by atoms with Gasteiger partial charge in [0.2, 0.25) is 5.76 Å². The monoisotopic (exact) mass is 360 g/mol. The molecule has 0 atom stereocenters. The van der Waals surface area contributed by atoms with Gasteiger partial charge in [0.1, 0.15) is 11.6 Å². The molecule has 3 aromatic rings. The summed E-state index contributed by atoms with van der Waals surface area (Å²) in [6.45, 7) is -0.656. The number of hydrogen-bond acceptors (Lipinski definition) is 4. The van der Waals surface area contributed by atoms with Crippen molar-refractivity contribution in [3.8, 4) is 11.3 Å². The van der Waals surface area contributed by atoms with Crippen molar-refractivity contribution in [3.63, 3.8) is 0 Å². The van der Waals surface area contributed by atoms with Gasteiger partial charge in [0, 0.05) is 11.1 Å². The molecule has 0 spiro atoms. The smallest absolute Gasteiger partial charge is 0.374 e. The molecule has 0 unspecified atom stereocenters. The fourth-order valence-electron chi connectivity index (χ4n) is 2.17. The van der Waals surface area contributed by atoms with Crippen LogP contribution in [0.3, 0.4) is 0 Å². The molecule has 0 saturated carbocycles. The molecule has 0 amide bonds. The highest BCUT2D eigenvalue weighted by Gasteiger charge is 2.17. The number of benzene rings is 2. The lowest BCUT2D eigenvalue weighted by atomic mass is 10.1. The summed E-state index contributed by atoms with van der Waals surface area (Å²) < 4.78 is 49.0. The average molecular weight is 360 g/mol. The van der Waals surface area contributed by atoms with E-state index in [1.54, 1.807) is 0 Å². The van der Waals surface area contributed by atoms with Crippen molar-refractivity contribution in [2.45, 2.75) is 0 Å². The minimum Gasteiger partial charge on any atom is -0.451 e. The Morgan fingerprint density at radius 3 is 2.31 bits per heavy atom. The van der Waals surface area contributed by atoms with E-state index in [-0.39, 0.29) is 11.3 Å². The van der Waals surface area contributed by atoms with Crippen LogP contribution >= 0.6 is 0 Å². The molecule has 0 aliphatic heterocycles. The zero-order chi connectivity index (χ0) is 18.7. The zero-order valence-electron chi connectivity index (χ0n) is 13.2. The van der Waals surface area contributed by atoms with Gasteiger partial charge in [-0.05, 0) is 54.6 Å². The van der Waals surface area contributed by atoms with Gasteiger partial charge in [-0.1, -0.05) is 0 Å². The van der Waals surface area contributed by atoms with Gasteiger partial charge in [0.15, 0.2) is 24.0 Å². The molecule has 7 heteroatoms. The Bertz CT molecular complexity index is 961. The van der Waals surface area contributed by atoms with E-state index >= 15 is 0 Å². The van der Waals surface area contributed by atoms with Crippen LogP contribution in [0.25, 0.3) is 11.3 Å². The number of rotatable bonds is 5. The molecule has 0 radical (unpaired) electrons. The number of carbonyl (C=O) groups is 2. The summed E-state index contributed by atoms with van der Waals surface area (Å²) in [5.41, 5.74) is 0.437. The van der Waals surface area contributed by atoms with Gasteiger partial charge >= 0.3 is 5.97 Å². The number of hydrogen-bond donors (Lipinski definition) is 0. The van der Waals surface area contributed by atoms with Crippen LogP contribution in [0.2, 0.25) is 0 Å². The first-order chi connectivity index (χ1) is 12.4. The second-order valence-electron chi connectivity index (χ2n) is 5.30. The van der Waals surface area contributed by atoms with Crippen LogP contribution in [0.1, 0.15) is 20.9 Å². The molecule has 26 heavy (non-hydrogen) atoms. The summed E-state index contributed by atoms with van der Waals surface area (Å²) in [5.74, 6) is -4.07. The lowest BCUT2D eigenvalue weighted by molar-refractivity contribution is 0.0445. The Balaban J connectivity index is 1.64. The standard InChI is InChI=1S/C19H11F3O4/c20-13-4-1-11(2-5-13)17-7-8-18(26-17)19(24)25-10-16(23)12-3-6-14(21)15(22)9-12/h1-9H,10H2. The fraction of sp³-hybridized carbons (Fsp3) is 0.0526. The maximum atomic E-state index is 13.1. The average Bonchev–Trinajstić information content (AvgIpc) is 3.12. The number of halogens is 3. The van der Waals surface area contributed by atoms with Crippen molar-refractivity contribution in [2.75, 3.05) is 6.61 Å². The van der Waals surface area contributed by atoms with Crippen molar-refractivity contribution in [3.05, 3.63) is 83.4 Å². The second kappa shape index (κ2) is 7.26. The normalized spacial score (nSPS) is 10.6. The lowest BCUT2D eigenvalue weighted by Crippen LogP contribution is -2.14. The number of ketones is 1. The van der Waals surface area contributed by atoms with Crippen LogP contribution in [-0.4, -0.2) is 18.4 Å². The predicted octanol–water partition coefficient (Wildman–Crippen LogP) is 4.40. The van der Waals surface area contributed by atoms with Gasteiger partial charge in [-0.2, -0.15) is 0 Å². The molecule has 0 bridgehead atoms. The highest BCUT2D eigenvalue weighted by Crippen LogP contribution is 2.23. The Labute approximate surface area is 145 Å². The predicted molar refractivity (Wildman–Crippen MR) is 85.1 cm³/mol. The van der Waals surface area contributed by atoms with Crippen molar-refractivity contribution >= 4 is 11.8 Å². The lowest BCUT2D eigenvalue weighted by Gasteiger charge is -2.03. The molecule has 0 saturated heterocycles. The van der Waals surface area contributed by atoms with Crippen LogP contribution in [0.15, 0.2) is 59.0 Å². The number of ether oxygens (including phenoxy) is 1. The highest BCUT2D eigenvalue weighted by molar-refractivity contribution is 5.99. The van der Waals surface area contributed by atoms with Crippen molar-refractivity contribution in [2.24, 2.45) is 0 Å². The number of carbonyl (C=O) groups excluding carboxylic acids is 2. The minimum absolute atomic E-state index is 0.122. The summed E-state index contributed by atoms with van der Waals surface area (Å²) >= 11 is 0. The molecular weight excluding hydrogens is 349 g/mol. The zero-order valence-corrected chi connectivity index (χ0v) is 13.2. The molecule has 0 N–H and O–H groups in total. The number of furan rings is 1. The first kappa shape index (κ1) is 17.5. The second-order valence-corrected chi connectivity index (χ2v) is 5.30. The van der Waals surface area contributed by atoms with Gasteiger partial charge in [0.05, 0.1) is 0 Å². The molecule has 0 aliphatic rings. The maximum Gasteiger partial charge on any atom is 0.374 e. The van der Waals surface area contributed by atoms with Gasteiger partial charge in [-0.15, -0.1) is 0 Å². The molecule has 0 fully saturated rings. The third-order valence-electron chi connectivity index (χ3n) is 3.51. The summed E-state index contributed by atoms with van der Waals surface area (Å²) in [7, 11) is 0. The molecular formula is C19H11F3O4. The van der Waals surface area contributed by atoms with Crippen molar-refractivity contribution < 1.29 is 31.9 Å². The van der Waals surface area contributed by atoms with E-state index < -0.39 is 35.8 Å². The van der Waals surface area contributed by atoms with Gasteiger partial charge in [-0.25, -0.2) is 18.0 Å². The van der Waals surface area contributed by atoms with E-state index in [9.17, 15) is 22.8 Å². The van der Waals surface area contributed by atoms with Crippen LogP contribution in [0, 0.1) is 17.5 Å². The van der Waals surface area contributed by atoms with Crippen LogP contribution < -0.4 is 0 Å². The van der Waals surface area contributed by atoms with Crippen LogP contribution in [0.4, 0.5) is 13.2 Å². The molecule has 1 heterocycles. The van der Waals surface area contributed by atoms with Crippen molar-refractivity contribution in [1.29, 1.82) is 0 Å². The van der Waals surface area contributed by atoms with Gasteiger partial charge in [-0.3, -0.25) is 4.79 Å². The largest absolute Gasteiger partial charge is 0.451 e. The quantitative estimate of drug-likeness (QED) is 0.500. The molecule has 0 aliphatic carbocycles. The van der Waals surface area contributed by atoms with E-state index in [4.69, 9.17) is 9.15 Å². The van der Waals surface area contributed by atoms with E-state index in [0.717, 1.165) is 18.2 Å². The Morgan fingerprint density at radius 1 is 0.885 bits per heavy atom. The van der Waals surface area contributed by atoms with E-state index in [1.807, 2.05) is 0 Å². The Morgan fingerprint density at radius 2 is 1.62 bits per heavy atom. The van der Waals surface area contributed by atoms with E-state index in [2.05, 4.69) is 0 Å². The summed E-state index contributed by atoms with van der Waals surface area (Å²) in [4.78, 5) is 23.8. The maximum absolute atomic E-state index is 13.1. The van der Waals surface area contributed by atoms with Gasteiger partial charge in [0.25, 0.3) is 0 Å². The number of Topliss-reactive ketones (excluding diaryl/α,β-unsaturated/α-hetero) is 1. The molecule has 3 rings (SSSR count). The Kier molecular flexibility index (Phi) is 4.88. The molecule has 2 aromatic carbocycles. The summed E-state index contributed by atoms with van der Waals surface area (Å²) in [6.07, 6.45) is 0. The first-order valence-electron chi connectivity index (χ1n) is 7.45. The summed E-state index contributed by atoms with van der Waals surface area (Å²) in [6, 6.07) is 10.9. The molecule has 132 valence electrons.